The van der Waals surface area contributed by atoms with E-state index in [2.05, 4.69) is 25.9 Å². The molecule has 34 heavy (non-hydrogen) atoms. The van der Waals surface area contributed by atoms with Crippen molar-refractivity contribution in [3.63, 3.8) is 0 Å². The van der Waals surface area contributed by atoms with E-state index in [1.54, 1.807) is 55.1 Å². The lowest BCUT2D eigenvalue weighted by molar-refractivity contribution is 0.102. The molecular weight excluding hydrogens is 429 g/mol. The quantitative estimate of drug-likeness (QED) is 0.275. The summed E-state index contributed by atoms with van der Waals surface area (Å²) < 4.78 is 13.7. The Balaban J connectivity index is 1.24. The number of rotatable bonds is 6. The van der Waals surface area contributed by atoms with Crippen LogP contribution < -0.4 is 16.0 Å². The van der Waals surface area contributed by atoms with Crippen LogP contribution in [0.4, 0.5) is 32.8 Å². The molecule has 166 valence electrons. The number of benzene rings is 3. The van der Waals surface area contributed by atoms with Crippen LogP contribution in [-0.2, 0) is 0 Å². The Morgan fingerprint density at radius 1 is 0.676 bits per heavy atom. The van der Waals surface area contributed by atoms with Crippen LogP contribution in [0.25, 0.3) is 10.8 Å². The van der Waals surface area contributed by atoms with Crippen molar-refractivity contribution in [2.75, 3.05) is 16.0 Å². The molecule has 0 aliphatic heterocycles. The van der Waals surface area contributed by atoms with Gasteiger partial charge in [0.2, 0.25) is 0 Å². The van der Waals surface area contributed by atoms with E-state index in [4.69, 9.17) is 0 Å². The van der Waals surface area contributed by atoms with Crippen LogP contribution in [0.1, 0.15) is 10.4 Å². The van der Waals surface area contributed by atoms with Gasteiger partial charge in [-0.1, -0.05) is 0 Å². The highest BCUT2D eigenvalue weighted by atomic mass is 19.1. The van der Waals surface area contributed by atoms with Gasteiger partial charge in [0.05, 0.1) is 11.9 Å². The minimum atomic E-state index is -0.310. The van der Waals surface area contributed by atoms with Gasteiger partial charge in [-0.3, -0.25) is 14.8 Å². The second kappa shape index (κ2) is 9.38. The van der Waals surface area contributed by atoms with Crippen molar-refractivity contribution < 1.29 is 9.18 Å². The molecule has 5 aromatic rings. The van der Waals surface area contributed by atoms with E-state index in [-0.39, 0.29) is 11.7 Å². The van der Waals surface area contributed by atoms with Gasteiger partial charge in [0.15, 0.2) is 0 Å². The number of carbonyl (C=O) groups is 1. The van der Waals surface area contributed by atoms with Crippen molar-refractivity contribution in [3.8, 4) is 0 Å². The topological polar surface area (TPSA) is 78.9 Å². The number of carbonyl (C=O) groups excluding carboxylic acids is 1. The molecule has 0 spiro atoms. The SMILES string of the molecule is O=C(Nc1ccc(Nc2ccncc2)cc1)c1ccc(Nc2cncc3ccc(F)cc23)cc1. The third kappa shape index (κ3) is 4.83. The van der Waals surface area contributed by atoms with Crippen LogP contribution in [0, 0.1) is 5.82 Å². The highest BCUT2D eigenvalue weighted by molar-refractivity contribution is 6.04. The summed E-state index contributed by atoms with van der Waals surface area (Å²) in [6, 6.07) is 22.9. The Bertz CT molecular complexity index is 1440. The monoisotopic (exact) mass is 449 g/mol. The van der Waals surface area contributed by atoms with Crippen molar-refractivity contribution in [2.45, 2.75) is 0 Å². The van der Waals surface area contributed by atoms with Gasteiger partial charge in [0, 0.05) is 57.7 Å². The van der Waals surface area contributed by atoms with Crippen molar-refractivity contribution in [1.29, 1.82) is 0 Å². The number of hydrogen-bond donors (Lipinski definition) is 3. The Labute approximate surface area is 195 Å². The maximum atomic E-state index is 13.7. The summed E-state index contributed by atoms with van der Waals surface area (Å²) in [6.07, 6.45) is 6.78. The van der Waals surface area contributed by atoms with Crippen LogP contribution >= 0.6 is 0 Å². The first-order valence-electron chi connectivity index (χ1n) is 10.6. The van der Waals surface area contributed by atoms with E-state index in [0.717, 1.165) is 27.8 Å². The fourth-order valence-electron chi connectivity index (χ4n) is 3.54. The first-order chi connectivity index (χ1) is 16.6. The van der Waals surface area contributed by atoms with Crippen LogP contribution in [0.2, 0.25) is 0 Å². The Hall–Kier alpha value is -4.78. The third-order valence-corrected chi connectivity index (χ3v) is 5.26. The van der Waals surface area contributed by atoms with Crippen LogP contribution in [0.3, 0.4) is 0 Å². The molecule has 0 saturated carbocycles. The predicted octanol–water partition coefficient (Wildman–Crippen LogP) is 6.51. The van der Waals surface area contributed by atoms with E-state index in [9.17, 15) is 9.18 Å². The number of hydrogen-bond acceptors (Lipinski definition) is 5. The van der Waals surface area contributed by atoms with Gasteiger partial charge >= 0.3 is 0 Å². The van der Waals surface area contributed by atoms with Gasteiger partial charge in [0.25, 0.3) is 5.91 Å². The number of nitrogens with zero attached hydrogens (tertiary/aromatic N) is 2. The maximum Gasteiger partial charge on any atom is 0.255 e. The Kier molecular flexibility index (Phi) is 5.82. The second-order valence-electron chi connectivity index (χ2n) is 7.65. The first kappa shape index (κ1) is 21.1. The summed E-state index contributed by atoms with van der Waals surface area (Å²) in [4.78, 5) is 20.9. The molecule has 0 bridgehead atoms. The summed E-state index contributed by atoms with van der Waals surface area (Å²) in [7, 11) is 0. The average Bonchev–Trinajstić information content (AvgIpc) is 2.87. The molecule has 7 heteroatoms. The molecule has 0 unspecified atom stereocenters. The van der Waals surface area contributed by atoms with Crippen LogP contribution in [0.5, 0.6) is 0 Å². The normalized spacial score (nSPS) is 10.6. The number of fused-ring (bicyclic) bond motifs is 1. The molecular formula is C27H20FN5O. The van der Waals surface area contributed by atoms with E-state index in [0.29, 0.717) is 16.9 Å². The molecule has 0 fully saturated rings. The third-order valence-electron chi connectivity index (χ3n) is 5.26. The largest absolute Gasteiger partial charge is 0.355 e. The van der Waals surface area contributed by atoms with E-state index >= 15 is 0 Å². The lowest BCUT2D eigenvalue weighted by Crippen LogP contribution is -2.11. The molecule has 6 nitrogen and oxygen atoms in total. The zero-order valence-electron chi connectivity index (χ0n) is 18.0. The van der Waals surface area contributed by atoms with Gasteiger partial charge in [-0.25, -0.2) is 4.39 Å². The van der Waals surface area contributed by atoms with Crippen LogP contribution in [0.15, 0.2) is 104 Å². The molecule has 3 aromatic carbocycles. The molecule has 0 atom stereocenters. The molecule has 0 saturated heterocycles. The molecule has 1 amide bonds. The zero-order valence-corrected chi connectivity index (χ0v) is 18.0. The summed E-state index contributed by atoms with van der Waals surface area (Å²) in [5.74, 6) is -0.523. The van der Waals surface area contributed by atoms with E-state index < -0.39 is 0 Å². The number of amides is 1. The summed E-state index contributed by atoms with van der Waals surface area (Å²) >= 11 is 0. The van der Waals surface area contributed by atoms with Gasteiger partial charge in [0.1, 0.15) is 5.82 Å². The van der Waals surface area contributed by atoms with Crippen LogP contribution in [-0.4, -0.2) is 15.9 Å². The van der Waals surface area contributed by atoms with Crippen molar-refractivity contribution in [2.24, 2.45) is 0 Å². The summed E-state index contributed by atoms with van der Waals surface area (Å²) in [5, 5.41) is 11.0. The molecule has 5 rings (SSSR count). The number of halogens is 1. The second-order valence-corrected chi connectivity index (χ2v) is 7.65. The number of anilines is 5. The van der Waals surface area contributed by atoms with Crippen molar-refractivity contribution in [3.05, 3.63) is 115 Å². The number of aromatic nitrogens is 2. The van der Waals surface area contributed by atoms with E-state index in [1.807, 2.05) is 36.4 Å². The fourth-order valence-corrected chi connectivity index (χ4v) is 3.54. The van der Waals surface area contributed by atoms with Crippen molar-refractivity contribution >= 4 is 45.1 Å². The Morgan fingerprint density at radius 2 is 1.32 bits per heavy atom. The fraction of sp³-hybridized carbons (Fsp3) is 0. The Morgan fingerprint density at radius 3 is 2.09 bits per heavy atom. The highest BCUT2D eigenvalue weighted by Crippen LogP contribution is 2.26. The molecule has 2 heterocycles. The van der Waals surface area contributed by atoms with Gasteiger partial charge < -0.3 is 16.0 Å². The molecule has 0 radical (unpaired) electrons. The van der Waals surface area contributed by atoms with Gasteiger partial charge in [-0.2, -0.15) is 0 Å². The summed E-state index contributed by atoms with van der Waals surface area (Å²) in [5.41, 5.74) is 4.51. The maximum absolute atomic E-state index is 13.7. The average molecular weight is 449 g/mol. The highest BCUT2D eigenvalue weighted by Gasteiger charge is 2.08. The van der Waals surface area contributed by atoms with Gasteiger partial charge in [-0.05, 0) is 78.9 Å². The minimum absolute atomic E-state index is 0.213. The summed E-state index contributed by atoms with van der Waals surface area (Å²) in [6.45, 7) is 0. The number of pyridine rings is 2. The predicted molar refractivity (Wildman–Crippen MR) is 133 cm³/mol. The molecule has 3 N–H and O–H groups in total. The van der Waals surface area contributed by atoms with E-state index in [1.165, 1.54) is 12.1 Å². The lowest BCUT2D eigenvalue weighted by atomic mass is 10.1. The van der Waals surface area contributed by atoms with Gasteiger partial charge in [-0.15, -0.1) is 0 Å². The van der Waals surface area contributed by atoms with Crippen molar-refractivity contribution in [1.82, 2.24) is 9.97 Å². The standard InChI is InChI=1S/C27H20FN5O/c28-20-4-1-19-16-30-17-26(25(19)15-20)32-22-5-2-18(3-6-22)27(34)33-23-9-7-21(8-10-23)31-24-11-13-29-14-12-24/h1-17,32H,(H,29,31)(H,33,34). The number of nitrogens with one attached hydrogen (secondary N) is 3. The smallest absolute Gasteiger partial charge is 0.255 e. The molecule has 0 aliphatic carbocycles. The molecule has 0 aliphatic rings. The first-order valence-corrected chi connectivity index (χ1v) is 10.6. The zero-order chi connectivity index (χ0) is 23.3. The lowest BCUT2D eigenvalue weighted by Gasteiger charge is -2.11. The molecule has 2 aromatic heterocycles. The minimum Gasteiger partial charge on any atom is -0.355 e.